The Balaban J connectivity index is 2.01. The summed E-state index contributed by atoms with van der Waals surface area (Å²) < 4.78 is 0. The first-order valence-electron chi connectivity index (χ1n) is 9.96. The second-order valence-electron chi connectivity index (χ2n) is 8.02. The minimum absolute atomic E-state index is 0.0443. The van der Waals surface area contributed by atoms with Gasteiger partial charge in [-0.3, -0.25) is 19.3 Å². The van der Waals surface area contributed by atoms with Gasteiger partial charge in [-0.1, -0.05) is 37.3 Å². The fraction of sp³-hybridized carbons (Fsp3) is 0.348. The molecular weight excluding hydrogens is 380 g/mol. The van der Waals surface area contributed by atoms with Crippen molar-refractivity contribution in [2.75, 3.05) is 30.3 Å². The molecule has 2 rings (SSSR count). The molecule has 0 saturated carbocycles. The molecule has 0 heterocycles. The van der Waals surface area contributed by atoms with E-state index in [1.165, 1.54) is 0 Å². The molecule has 0 aromatic heterocycles. The number of carbonyl (C=O) groups is 3. The molecule has 3 N–H and O–H groups in total. The third-order valence-electron chi connectivity index (χ3n) is 4.17. The van der Waals surface area contributed by atoms with Gasteiger partial charge in [0.1, 0.15) is 0 Å². The first kappa shape index (κ1) is 23.1. The highest BCUT2D eigenvalue weighted by Gasteiger charge is 2.19. The Bertz CT molecular complexity index is 876. The minimum Gasteiger partial charge on any atom is -0.350 e. The highest BCUT2D eigenvalue weighted by atomic mass is 16.2. The maximum atomic E-state index is 12.6. The number of benzene rings is 2. The highest BCUT2D eigenvalue weighted by molar-refractivity contribution is 6.10. The van der Waals surface area contributed by atoms with Crippen molar-refractivity contribution in [2.45, 2.75) is 33.2 Å². The van der Waals surface area contributed by atoms with Crippen LogP contribution < -0.4 is 16.0 Å². The Kier molecular flexibility index (Phi) is 8.12. The normalized spacial score (nSPS) is 11.1. The number of nitrogens with one attached hydrogen (secondary N) is 3. The number of para-hydroxylation sites is 2. The molecule has 0 aliphatic carbocycles. The van der Waals surface area contributed by atoms with Crippen molar-refractivity contribution in [1.82, 2.24) is 10.2 Å². The number of likely N-dealkylation sites (N-methyl/N-ethyl adjacent to an activating group) is 1. The third-order valence-corrected chi connectivity index (χ3v) is 4.17. The zero-order chi connectivity index (χ0) is 22.1. The summed E-state index contributed by atoms with van der Waals surface area (Å²) in [5.74, 6) is -0.742. The molecule has 0 fully saturated rings. The average Bonchev–Trinajstić information content (AvgIpc) is 2.67. The molecule has 2 aromatic rings. The summed E-state index contributed by atoms with van der Waals surface area (Å²) in [6.07, 6.45) is 0. The Morgan fingerprint density at radius 3 is 2.07 bits per heavy atom. The first-order chi connectivity index (χ1) is 14.2. The molecule has 0 bridgehead atoms. The Hall–Kier alpha value is -3.19. The molecule has 3 amide bonds. The van der Waals surface area contributed by atoms with Gasteiger partial charge in [-0.15, -0.1) is 0 Å². The summed E-state index contributed by atoms with van der Waals surface area (Å²) >= 11 is 0. The zero-order valence-corrected chi connectivity index (χ0v) is 18.0. The van der Waals surface area contributed by atoms with E-state index >= 15 is 0 Å². The summed E-state index contributed by atoms with van der Waals surface area (Å²) in [5, 5.41) is 8.50. The van der Waals surface area contributed by atoms with Crippen LogP contribution in [0.25, 0.3) is 0 Å². The smallest absolute Gasteiger partial charge is 0.257 e. The van der Waals surface area contributed by atoms with E-state index in [1.807, 2.05) is 45.9 Å². The van der Waals surface area contributed by atoms with Gasteiger partial charge in [0.2, 0.25) is 11.8 Å². The summed E-state index contributed by atoms with van der Waals surface area (Å²) in [6.45, 7) is 8.32. The van der Waals surface area contributed by atoms with Crippen molar-refractivity contribution in [1.29, 1.82) is 0 Å². The van der Waals surface area contributed by atoms with E-state index < -0.39 is 0 Å². The number of carbonyl (C=O) groups excluding carboxylic acids is 3. The quantitative estimate of drug-likeness (QED) is 0.624. The molecule has 0 atom stereocenters. The van der Waals surface area contributed by atoms with Crippen LogP contribution in [-0.4, -0.2) is 47.8 Å². The molecule has 0 radical (unpaired) electrons. The van der Waals surface area contributed by atoms with E-state index in [2.05, 4.69) is 16.0 Å². The van der Waals surface area contributed by atoms with Crippen molar-refractivity contribution >= 4 is 29.1 Å². The SMILES string of the molecule is CCN(CC(=O)Nc1ccccc1C(=O)Nc1ccccc1)CC(=O)NC(C)(C)C. The van der Waals surface area contributed by atoms with E-state index in [9.17, 15) is 14.4 Å². The Morgan fingerprint density at radius 1 is 0.833 bits per heavy atom. The van der Waals surface area contributed by atoms with Gasteiger partial charge in [0.15, 0.2) is 0 Å². The summed E-state index contributed by atoms with van der Waals surface area (Å²) in [5.41, 5.74) is 1.13. The Morgan fingerprint density at radius 2 is 1.43 bits per heavy atom. The second kappa shape index (κ2) is 10.5. The van der Waals surface area contributed by atoms with Crippen LogP contribution in [0.2, 0.25) is 0 Å². The summed E-state index contributed by atoms with van der Waals surface area (Å²) in [4.78, 5) is 39.1. The molecule has 160 valence electrons. The number of rotatable bonds is 8. The molecule has 30 heavy (non-hydrogen) atoms. The summed E-state index contributed by atoms with van der Waals surface area (Å²) in [7, 11) is 0. The second-order valence-corrected chi connectivity index (χ2v) is 8.02. The van der Waals surface area contributed by atoms with Crippen molar-refractivity contribution in [3.05, 3.63) is 60.2 Å². The van der Waals surface area contributed by atoms with Crippen LogP contribution in [0.15, 0.2) is 54.6 Å². The van der Waals surface area contributed by atoms with Crippen molar-refractivity contribution < 1.29 is 14.4 Å². The van der Waals surface area contributed by atoms with Crippen molar-refractivity contribution in [3.8, 4) is 0 Å². The van der Waals surface area contributed by atoms with E-state index in [0.29, 0.717) is 23.5 Å². The highest BCUT2D eigenvalue weighted by Crippen LogP contribution is 2.17. The topological polar surface area (TPSA) is 90.5 Å². The van der Waals surface area contributed by atoms with Crippen LogP contribution >= 0.6 is 0 Å². The van der Waals surface area contributed by atoms with E-state index in [0.717, 1.165) is 0 Å². The van der Waals surface area contributed by atoms with Gasteiger partial charge in [-0.25, -0.2) is 0 Å². The maximum Gasteiger partial charge on any atom is 0.257 e. The number of anilines is 2. The lowest BCUT2D eigenvalue weighted by atomic mass is 10.1. The number of hydrogen-bond acceptors (Lipinski definition) is 4. The van der Waals surface area contributed by atoms with Crippen LogP contribution in [0.5, 0.6) is 0 Å². The zero-order valence-electron chi connectivity index (χ0n) is 18.0. The predicted molar refractivity (Wildman–Crippen MR) is 119 cm³/mol. The van der Waals surface area contributed by atoms with E-state index in [1.54, 1.807) is 41.3 Å². The number of nitrogens with zero attached hydrogens (tertiary/aromatic N) is 1. The molecule has 7 heteroatoms. The predicted octanol–water partition coefficient (Wildman–Crippen LogP) is 3.11. The summed E-state index contributed by atoms with van der Waals surface area (Å²) in [6, 6.07) is 15.9. The van der Waals surface area contributed by atoms with Gasteiger partial charge in [0, 0.05) is 11.2 Å². The first-order valence-corrected chi connectivity index (χ1v) is 9.96. The van der Waals surface area contributed by atoms with Gasteiger partial charge >= 0.3 is 0 Å². The number of hydrogen-bond donors (Lipinski definition) is 3. The minimum atomic E-state index is -0.330. The third kappa shape index (κ3) is 7.67. The molecule has 0 aliphatic heterocycles. The van der Waals surface area contributed by atoms with Gasteiger partial charge < -0.3 is 16.0 Å². The molecule has 0 unspecified atom stereocenters. The van der Waals surface area contributed by atoms with Crippen molar-refractivity contribution in [2.24, 2.45) is 0 Å². The van der Waals surface area contributed by atoms with Crippen LogP contribution in [-0.2, 0) is 9.59 Å². The van der Waals surface area contributed by atoms with E-state index in [-0.39, 0.29) is 36.3 Å². The van der Waals surface area contributed by atoms with Crippen molar-refractivity contribution in [3.63, 3.8) is 0 Å². The average molecular weight is 411 g/mol. The lowest BCUT2D eigenvalue weighted by Gasteiger charge is -2.24. The number of amides is 3. The standard InChI is InChI=1S/C23H30N4O3/c1-5-27(16-21(29)26-23(2,3)4)15-20(28)25-19-14-10-9-13-18(19)22(30)24-17-11-7-6-8-12-17/h6-14H,5,15-16H2,1-4H3,(H,24,30)(H,25,28)(H,26,29). The van der Waals surface area contributed by atoms with Crippen LogP contribution in [0.3, 0.4) is 0 Å². The molecule has 7 nitrogen and oxygen atoms in total. The van der Waals surface area contributed by atoms with Crippen LogP contribution in [0, 0.1) is 0 Å². The van der Waals surface area contributed by atoms with Gasteiger partial charge in [-0.05, 0) is 51.6 Å². The largest absolute Gasteiger partial charge is 0.350 e. The van der Waals surface area contributed by atoms with Crippen LogP contribution in [0.4, 0.5) is 11.4 Å². The molecule has 0 saturated heterocycles. The maximum absolute atomic E-state index is 12.6. The fourth-order valence-electron chi connectivity index (χ4n) is 2.84. The molecular formula is C23H30N4O3. The fourth-order valence-corrected chi connectivity index (χ4v) is 2.84. The molecule has 0 spiro atoms. The van der Waals surface area contributed by atoms with Gasteiger partial charge in [0.05, 0.1) is 24.3 Å². The van der Waals surface area contributed by atoms with Gasteiger partial charge in [-0.2, -0.15) is 0 Å². The van der Waals surface area contributed by atoms with Crippen LogP contribution in [0.1, 0.15) is 38.1 Å². The molecule has 2 aromatic carbocycles. The monoisotopic (exact) mass is 410 g/mol. The Labute approximate surface area is 177 Å². The lowest BCUT2D eigenvalue weighted by Crippen LogP contribution is -2.47. The lowest BCUT2D eigenvalue weighted by molar-refractivity contribution is -0.124. The van der Waals surface area contributed by atoms with Gasteiger partial charge in [0.25, 0.3) is 5.91 Å². The molecule has 0 aliphatic rings. The van der Waals surface area contributed by atoms with E-state index in [4.69, 9.17) is 0 Å².